The maximum Gasteiger partial charge on any atom is 0.271 e. The molecule has 23 heavy (non-hydrogen) atoms. The lowest BCUT2D eigenvalue weighted by molar-refractivity contribution is 0.386. The second-order valence-corrected chi connectivity index (χ2v) is 6.27. The Morgan fingerprint density at radius 3 is 2.70 bits per heavy atom. The molecule has 1 heterocycles. The first-order chi connectivity index (χ1) is 10.9. The molecule has 0 aliphatic rings. The van der Waals surface area contributed by atoms with Crippen LogP contribution in [0.5, 0.6) is 5.88 Å². The Kier molecular flexibility index (Phi) is 5.02. The Morgan fingerprint density at radius 1 is 1.43 bits per heavy atom. The fourth-order valence-electron chi connectivity index (χ4n) is 2.27. The largest absolute Gasteiger partial charge is 0.494 e. The first-order valence-electron chi connectivity index (χ1n) is 7.04. The summed E-state index contributed by atoms with van der Waals surface area (Å²) < 4.78 is 2.09. The van der Waals surface area contributed by atoms with Crippen LogP contribution in [0, 0.1) is 18.3 Å². The van der Waals surface area contributed by atoms with Crippen molar-refractivity contribution in [2.24, 2.45) is 4.99 Å². The molecule has 2 rings (SSSR count). The standard InChI is InChI=1S/C17H16BrN3O2/c1-10(2)21-16(22)14(8-19)11(3)15(17(21)23)9-20-13-6-4-5-12(18)7-13/h4-7,9-10,23H,1-3H3. The number of hydrogen-bond acceptors (Lipinski definition) is 4. The highest BCUT2D eigenvalue weighted by atomic mass is 79.9. The van der Waals surface area contributed by atoms with E-state index in [1.165, 1.54) is 10.8 Å². The number of aliphatic imine (C=N–C) groups is 1. The van der Waals surface area contributed by atoms with Crippen molar-refractivity contribution in [2.45, 2.75) is 26.8 Å². The maximum absolute atomic E-state index is 12.3. The number of rotatable bonds is 3. The van der Waals surface area contributed by atoms with E-state index in [1.807, 2.05) is 30.3 Å². The molecule has 5 nitrogen and oxygen atoms in total. The lowest BCUT2D eigenvalue weighted by Crippen LogP contribution is -2.26. The summed E-state index contributed by atoms with van der Waals surface area (Å²) in [4.78, 5) is 16.6. The monoisotopic (exact) mass is 373 g/mol. The number of nitriles is 1. The van der Waals surface area contributed by atoms with Crippen molar-refractivity contribution >= 4 is 27.8 Å². The Balaban J connectivity index is 2.65. The van der Waals surface area contributed by atoms with E-state index in [0.717, 1.165) is 4.47 Å². The van der Waals surface area contributed by atoms with Crippen LogP contribution >= 0.6 is 15.9 Å². The van der Waals surface area contributed by atoms with Gasteiger partial charge >= 0.3 is 0 Å². The van der Waals surface area contributed by atoms with Crippen LogP contribution in [0.3, 0.4) is 0 Å². The molecule has 0 radical (unpaired) electrons. The highest BCUT2D eigenvalue weighted by Gasteiger charge is 2.19. The van der Waals surface area contributed by atoms with Gasteiger partial charge in [-0.25, -0.2) is 0 Å². The molecule has 1 aromatic carbocycles. The molecule has 0 saturated heterocycles. The van der Waals surface area contributed by atoms with Crippen molar-refractivity contribution in [3.63, 3.8) is 0 Å². The molecule has 118 valence electrons. The molecular weight excluding hydrogens is 358 g/mol. The van der Waals surface area contributed by atoms with Crippen LogP contribution < -0.4 is 5.56 Å². The normalized spacial score (nSPS) is 11.1. The first-order valence-corrected chi connectivity index (χ1v) is 7.84. The Bertz CT molecular complexity index is 877. The average molecular weight is 374 g/mol. The van der Waals surface area contributed by atoms with Crippen molar-refractivity contribution in [3.8, 4) is 11.9 Å². The number of aromatic hydroxyl groups is 1. The average Bonchev–Trinajstić information content (AvgIpc) is 2.47. The summed E-state index contributed by atoms with van der Waals surface area (Å²) in [5, 5.41) is 19.7. The lowest BCUT2D eigenvalue weighted by Gasteiger charge is -2.16. The van der Waals surface area contributed by atoms with Gasteiger partial charge in [0.1, 0.15) is 11.6 Å². The minimum Gasteiger partial charge on any atom is -0.494 e. The van der Waals surface area contributed by atoms with Gasteiger partial charge in [0.2, 0.25) is 5.88 Å². The highest BCUT2D eigenvalue weighted by Crippen LogP contribution is 2.24. The Labute approximate surface area is 142 Å². The van der Waals surface area contributed by atoms with Crippen LogP contribution in [0.25, 0.3) is 0 Å². The minimum atomic E-state index is -0.489. The zero-order valence-corrected chi connectivity index (χ0v) is 14.6. The molecule has 0 saturated carbocycles. The number of pyridine rings is 1. The summed E-state index contributed by atoms with van der Waals surface area (Å²) in [5.41, 5.74) is 1.02. The van der Waals surface area contributed by atoms with E-state index in [9.17, 15) is 15.2 Å². The molecule has 0 unspecified atom stereocenters. The van der Waals surface area contributed by atoms with Gasteiger partial charge in [0.25, 0.3) is 5.56 Å². The Morgan fingerprint density at radius 2 is 2.13 bits per heavy atom. The third kappa shape index (κ3) is 3.35. The van der Waals surface area contributed by atoms with Gasteiger partial charge in [-0.1, -0.05) is 22.0 Å². The molecule has 0 aliphatic carbocycles. The van der Waals surface area contributed by atoms with E-state index < -0.39 is 5.56 Å². The van der Waals surface area contributed by atoms with Gasteiger partial charge in [-0.15, -0.1) is 0 Å². The van der Waals surface area contributed by atoms with Crippen LogP contribution in [0.15, 0.2) is 38.5 Å². The maximum atomic E-state index is 12.3. The van der Waals surface area contributed by atoms with Crippen LogP contribution in [-0.4, -0.2) is 15.9 Å². The molecule has 1 N–H and O–H groups in total. The van der Waals surface area contributed by atoms with Gasteiger partial charge in [0.05, 0.1) is 11.3 Å². The predicted octanol–water partition coefficient (Wildman–Crippen LogP) is 3.83. The second-order valence-electron chi connectivity index (χ2n) is 5.36. The van der Waals surface area contributed by atoms with Crippen LogP contribution in [-0.2, 0) is 0 Å². The van der Waals surface area contributed by atoms with Crippen molar-refractivity contribution in [1.29, 1.82) is 5.26 Å². The lowest BCUT2D eigenvalue weighted by atomic mass is 10.1. The fraction of sp³-hybridized carbons (Fsp3) is 0.235. The van der Waals surface area contributed by atoms with Crippen molar-refractivity contribution in [1.82, 2.24) is 4.57 Å². The SMILES string of the molecule is Cc1c(C=Nc2cccc(Br)c2)c(O)n(C(C)C)c(=O)c1C#N. The van der Waals surface area contributed by atoms with Gasteiger partial charge in [-0.2, -0.15) is 5.26 Å². The van der Waals surface area contributed by atoms with Crippen LogP contribution in [0.4, 0.5) is 5.69 Å². The number of aromatic nitrogens is 1. The van der Waals surface area contributed by atoms with E-state index in [2.05, 4.69) is 20.9 Å². The molecule has 0 aliphatic heterocycles. The molecule has 0 atom stereocenters. The van der Waals surface area contributed by atoms with Crippen molar-refractivity contribution < 1.29 is 5.11 Å². The van der Waals surface area contributed by atoms with Gasteiger partial charge in [0.15, 0.2) is 0 Å². The van der Waals surface area contributed by atoms with Crippen LogP contribution in [0.2, 0.25) is 0 Å². The minimum absolute atomic E-state index is 0.0205. The second kappa shape index (κ2) is 6.80. The van der Waals surface area contributed by atoms with Gasteiger partial charge < -0.3 is 5.11 Å². The molecule has 0 bridgehead atoms. The number of hydrogen-bond donors (Lipinski definition) is 1. The zero-order valence-electron chi connectivity index (χ0n) is 13.0. The first kappa shape index (κ1) is 17.0. The van der Waals surface area contributed by atoms with Crippen LogP contribution in [0.1, 0.15) is 36.6 Å². The van der Waals surface area contributed by atoms with E-state index in [-0.39, 0.29) is 17.5 Å². The molecule has 1 aromatic heterocycles. The van der Waals surface area contributed by atoms with Gasteiger partial charge in [-0.3, -0.25) is 14.4 Å². The summed E-state index contributed by atoms with van der Waals surface area (Å²) in [6.07, 6.45) is 1.48. The molecule has 6 heteroatoms. The van der Waals surface area contributed by atoms with Gasteiger partial charge in [0, 0.05) is 16.7 Å². The number of benzene rings is 1. The predicted molar refractivity (Wildman–Crippen MR) is 93.6 cm³/mol. The summed E-state index contributed by atoms with van der Waals surface area (Å²) >= 11 is 3.37. The zero-order chi connectivity index (χ0) is 17.1. The topological polar surface area (TPSA) is 78.4 Å². The quantitative estimate of drug-likeness (QED) is 0.830. The van der Waals surface area contributed by atoms with Gasteiger partial charge in [-0.05, 0) is 44.5 Å². The van der Waals surface area contributed by atoms with E-state index in [1.54, 1.807) is 20.8 Å². The highest BCUT2D eigenvalue weighted by molar-refractivity contribution is 9.10. The summed E-state index contributed by atoms with van der Waals surface area (Å²) in [6.45, 7) is 5.17. The van der Waals surface area contributed by atoms with Crippen molar-refractivity contribution in [3.05, 3.63) is 55.8 Å². The molecule has 0 fully saturated rings. The van der Waals surface area contributed by atoms with E-state index in [4.69, 9.17) is 0 Å². The van der Waals surface area contributed by atoms with E-state index in [0.29, 0.717) is 16.8 Å². The Hall–Kier alpha value is -2.39. The number of nitrogens with zero attached hydrogens (tertiary/aromatic N) is 3. The molecule has 0 amide bonds. The third-order valence-corrected chi connectivity index (χ3v) is 3.95. The summed E-state index contributed by atoms with van der Waals surface area (Å²) in [7, 11) is 0. The molecule has 0 spiro atoms. The summed E-state index contributed by atoms with van der Waals surface area (Å²) in [5.74, 6) is -0.180. The smallest absolute Gasteiger partial charge is 0.271 e. The summed E-state index contributed by atoms with van der Waals surface area (Å²) in [6, 6.07) is 9.02. The third-order valence-electron chi connectivity index (χ3n) is 3.46. The van der Waals surface area contributed by atoms with Crippen molar-refractivity contribution in [2.75, 3.05) is 0 Å². The molecular formula is C17H16BrN3O2. The molecule has 2 aromatic rings. The van der Waals surface area contributed by atoms with E-state index >= 15 is 0 Å². The fourth-order valence-corrected chi connectivity index (χ4v) is 2.66. The number of halogens is 1.